The molecule has 0 bridgehead atoms. The molecule has 29 heavy (non-hydrogen) atoms. The largest absolute Gasteiger partial charge is 0.478 e. The van der Waals surface area contributed by atoms with Crippen LogP contribution in [0.4, 0.5) is 14.5 Å². The first-order chi connectivity index (χ1) is 13.9. The molecule has 0 unspecified atom stereocenters. The molecule has 0 radical (unpaired) electrons. The van der Waals surface area contributed by atoms with Crippen molar-refractivity contribution in [3.05, 3.63) is 80.1 Å². The number of aromatic carboxylic acids is 1. The number of rotatable bonds is 4. The highest BCUT2D eigenvalue weighted by molar-refractivity contribution is 9.10. The summed E-state index contributed by atoms with van der Waals surface area (Å²) in [4.78, 5) is 24.5. The predicted octanol–water partition coefficient (Wildman–Crippen LogP) is 5.98. The van der Waals surface area contributed by atoms with Gasteiger partial charge in [0.25, 0.3) is 5.91 Å². The van der Waals surface area contributed by atoms with Crippen molar-refractivity contribution in [2.45, 2.75) is 6.42 Å². The molecule has 0 spiro atoms. The summed E-state index contributed by atoms with van der Waals surface area (Å²) in [5.74, 6) is -4.10. The molecule has 1 aliphatic rings. The summed E-state index contributed by atoms with van der Waals surface area (Å²) in [5.41, 5.74) is 1.98. The van der Waals surface area contributed by atoms with Crippen molar-refractivity contribution in [1.29, 1.82) is 0 Å². The molecule has 0 saturated heterocycles. The molecule has 146 valence electrons. The van der Waals surface area contributed by atoms with E-state index in [1.807, 2.05) is 18.2 Å². The second kappa shape index (κ2) is 7.53. The summed E-state index contributed by atoms with van der Waals surface area (Å²) < 4.78 is 28.2. The van der Waals surface area contributed by atoms with Crippen LogP contribution in [0.25, 0.3) is 16.5 Å². The Bertz CT molecular complexity index is 1200. The average Bonchev–Trinajstić information content (AvgIpc) is 3.32. The SMILES string of the molecule is O=C(Nc1csc(-c2ccc(Br)c(F)c2F)c1C(=O)O)c1ccc2c(c1)C=CC2. The van der Waals surface area contributed by atoms with Gasteiger partial charge in [-0.25, -0.2) is 13.6 Å². The van der Waals surface area contributed by atoms with E-state index in [1.54, 1.807) is 12.1 Å². The Balaban J connectivity index is 1.71. The Hall–Kier alpha value is -2.84. The number of halogens is 3. The highest BCUT2D eigenvalue weighted by atomic mass is 79.9. The van der Waals surface area contributed by atoms with Crippen LogP contribution in [0.2, 0.25) is 0 Å². The summed E-state index contributed by atoms with van der Waals surface area (Å²) in [6.45, 7) is 0. The van der Waals surface area contributed by atoms with Crippen LogP contribution < -0.4 is 5.32 Å². The van der Waals surface area contributed by atoms with Crippen LogP contribution in [0.3, 0.4) is 0 Å². The van der Waals surface area contributed by atoms with Crippen LogP contribution in [0.15, 0.2) is 46.3 Å². The van der Waals surface area contributed by atoms with Gasteiger partial charge in [-0.15, -0.1) is 11.3 Å². The molecule has 4 nitrogen and oxygen atoms in total. The Labute approximate surface area is 176 Å². The minimum absolute atomic E-state index is 0.0218. The molecule has 1 heterocycles. The maximum atomic E-state index is 14.4. The van der Waals surface area contributed by atoms with Gasteiger partial charge < -0.3 is 10.4 Å². The van der Waals surface area contributed by atoms with E-state index in [0.29, 0.717) is 5.56 Å². The van der Waals surface area contributed by atoms with E-state index < -0.39 is 23.5 Å². The Morgan fingerprint density at radius 3 is 2.69 bits per heavy atom. The third-order valence-electron chi connectivity index (χ3n) is 4.58. The van der Waals surface area contributed by atoms with Gasteiger partial charge in [0.05, 0.1) is 15.0 Å². The van der Waals surface area contributed by atoms with E-state index in [4.69, 9.17) is 0 Å². The average molecular weight is 476 g/mol. The summed E-state index contributed by atoms with van der Waals surface area (Å²) in [6, 6.07) is 7.83. The number of amides is 1. The molecule has 0 atom stereocenters. The van der Waals surface area contributed by atoms with E-state index in [1.165, 1.54) is 17.5 Å². The summed E-state index contributed by atoms with van der Waals surface area (Å²) >= 11 is 3.81. The second-order valence-electron chi connectivity index (χ2n) is 6.36. The lowest BCUT2D eigenvalue weighted by molar-refractivity contribution is 0.0699. The van der Waals surface area contributed by atoms with Crippen LogP contribution >= 0.6 is 27.3 Å². The number of nitrogens with one attached hydrogen (secondary N) is 1. The summed E-state index contributed by atoms with van der Waals surface area (Å²) in [6.07, 6.45) is 4.72. The van der Waals surface area contributed by atoms with Gasteiger partial charge in [0.1, 0.15) is 5.56 Å². The van der Waals surface area contributed by atoms with E-state index in [-0.39, 0.29) is 26.2 Å². The van der Waals surface area contributed by atoms with Crippen molar-refractivity contribution in [2.24, 2.45) is 0 Å². The van der Waals surface area contributed by atoms with Crippen molar-refractivity contribution in [2.75, 3.05) is 5.32 Å². The van der Waals surface area contributed by atoms with E-state index >= 15 is 0 Å². The van der Waals surface area contributed by atoms with Crippen molar-refractivity contribution < 1.29 is 23.5 Å². The molecule has 2 N–H and O–H groups in total. The lowest BCUT2D eigenvalue weighted by atomic mass is 10.1. The zero-order chi connectivity index (χ0) is 20.7. The maximum Gasteiger partial charge on any atom is 0.339 e. The molecule has 0 fully saturated rings. The number of hydrogen-bond acceptors (Lipinski definition) is 3. The first kappa shape index (κ1) is 19.5. The van der Waals surface area contributed by atoms with Gasteiger partial charge in [0.2, 0.25) is 0 Å². The second-order valence-corrected chi connectivity index (χ2v) is 8.09. The van der Waals surface area contributed by atoms with Gasteiger partial charge in [-0.1, -0.05) is 18.2 Å². The van der Waals surface area contributed by atoms with Crippen LogP contribution in [0.5, 0.6) is 0 Å². The first-order valence-corrected chi connectivity index (χ1v) is 10.1. The van der Waals surface area contributed by atoms with Gasteiger partial charge >= 0.3 is 5.97 Å². The number of hydrogen-bond donors (Lipinski definition) is 2. The molecule has 1 amide bonds. The van der Waals surface area contributed by atoms with Crippen LogP contribution in [-0.2, 0) is 6.42 Å². The molecule has 2 aromatic carbocycles. The fourth-order valence-electron chi connectivity index (χ4n) is 3.15. The molecule has 0 aliphatic heterocycles. The molecule has 1 aliphatic carbocycles. The predicted molar refractivity (Wildman–Crippen MR) is 111 cm³/mol. The molecular weight excluding hydrogens is 464 g/mol. The zero-order valence-electron chi connectivity index (χ0n) is 14.6. The Morgan fingerprint density at radius 1 is 1.14 bits per heavy atom. The molecule has 8 heteroatoms. The number of carbonyl (C=O) groups is 2. The minimum atomic E-state index is -1.35. The fourth-order valence-corrected chi connectivity index (χ4v) is 4.46. The number of anilines is 1. The number of carbonyl (C=O) groups excluding carboxylic acids is 1. The molecule has 3 aromatic rings. The third kappa shape index (κ3) is 3.49. The topological polar surface area (TPSA) is 66.4 Å². The van der Waals surface area contributed by atoms with Crippen molar-refractivity contribution >= 4 is 50.9 Å². The van der Waals surface area contributed by atoms with Crippen molar-refractivity contribution in [1.82, 2.24) is 0 Å². The van der Waals surface area contributed by atoms with Crippen LogP contribution in [0, 0.1) is 11.6 Å². The van der Waals surface area contributed by atoms with Crippen LogP contribution in [0.1, 0.15) is 31.8 Å². The van der Waals surface area contributed by atoms with E-state index in [9.17, 15) is 23.5 Å². The van der Waals surface area contributed by atoms with Gasteiger partial charge in [-0.05, 0) is 57.7 Å². The quantitative estimate of drug-likeness (QED) is 0.456. The standard InChI is InChI=1S/C21H12BrF2NO3S/c22-14-7-6-13(17(23)18(14)24)19-16(21(27)28)15(9-29-19)25-20(26)12-5-4-10-2-1-3-11(10)8-12/h1,3-9H,2H2,(H,25,26)(H,27,28). The number of carboxylic acids is 1. The van der Waals surface area contributed by atoms with E-state index in [0.717, 1.165) is 28.9 Å². The van der Waals surface area contributed by atoms with Gasteiger partial charge in [0.15, 0.2) is 11.6 Å². The zero-order valence-corrected chi connectivity index (χ0v) is 17.0. The smallest absolute Gasteiger partial charge is 0.339 e. The summed E-state index contributed by atoms with van der Waals surface area (Å²) in [7, 11) is 0. The molecule has 1 aromatic heterocycles. The van der Waals surface area contributed by atoms with Gasteiger partial charge in [0, 0.05) is 16.5 Å². The van der Waals surface area contributed by atoms with Crippen molar-refractivity contribution in [3.8, 4) is 10.4 Å². The monoisotopic (exact) mass is 475 g/mol. The molecular formula is C21H12BrF2NO3S. The first-order valence-electron chi connectivity index (χ1n) is 8.46. The number of thiophene rings is 1. The highest BCUT2D eigenvalue weighted by Crippen LogP contribution is 2.39. The van der Waals surface area contributed by atoms with Gasteiger partial charge in [-0.3, -0.25) is 4.79 Å². The number of allylic oxidation sites excluding steroid dienone is 1. The maximum absolute atomic E-state index is 14.4. The lowest BCUT2D eigenvalue weighted by Gasteiger charge is -2.08. The minimum Gasteiger partial charge on any atom is -0.478 e. The number of carboxylic acid groups (broad SMARTS) is 1. The number of benzene rings is 2. The molecule has 4 rings (SSSR count). The van der Waals surface area contributed by atoms with E-state index in [2.05, 4.69) is 21.2 Å². The normalized spacial score (nSPS) is 12.1. The fraction of sp³-hybridized carbons (Fsp3) is 0.0476. The molecule has 0 saturated carbocycles. The Morgan fingerprint density at radius 2 is 1.93 bits per heavy atom. The number of fused-ring (bicyclic) bond motifs is 1. The summed E-state index contributed by atoms with van der Waals surface area (Å²) in [5, 5.41) is 13.6. The third-order valence-corrected chi connectivity index (χ3v) is 6.20. The Kier molecular flexibility index (Phi) is 5.06. The van der Waals surface area contributed by atoms with Gasteiger partial charge in [-0.2, -0.15) is 0 Å². The highest BCUT2D eigenvalue weighted by Gasteiger charge is 2.25. The van der Waals surface area contributed by atoms with Crippen molar-refractivity contribution in [3.63, 3.8) is 0 Å². The van der Waals surface area contributed by atoms with Crippen LogP contribution in [-0.4, -0.2) is 17.0 Å². The lowest BCUT2D eigenvalue weighted by Crippen LogP contribution is -2.14.